The molecule has 1 amide bonds. The number of ether oxygens (including phenoxy) is 2. The van der Waals surface area contributed by atoms with Crippen LogP contribution in [0.2, 0.25) is 0 Å². The van der Waals surface area contributed by atoms with Crippen molar-refractivity contribution in [3.63, 3.8) is 0 Å². The maximum Gasteiger partial charge on any atom is 0.408 e. The van der Waals surface area contributed by atoms with Crippen LogP contribution in [0.3, 0.4) is 0 Å². The van der Waals surface area contributed by atoms with Gasteiger partial charge in [0.25, 0.3) is 0 Å². The van der Waals surface area contributed by atoms with Gasteiger partial charge in [-0.3, -0.25) is 10.1 Å². The average Bonchev–Trinajstić information content (AvgIpc) is 2.21. The number of carbonyl (C=O) groups is 2. The molecule has 0 aliphatic carbocycles. The molecule has 22 heavy (non-hydrogen) atoms. The highest BCUT2D eigenvalue weighted by Crippen LogP contribution is 2.12. The van der Waals surface area contributed by atoms with Gasteiger partial charge in [-0.15, -0.1) is 0 Å². The SMILES string of the molecule is CC(C)(C)OC(=O)N[C@@H](CCC[N+](=O)[O-])C(=O)OC(C)(C)C. The lowest BCUT2D eigenvalue weighted by atomic mass is 10.1. The summed E-state index contributed by atoms with van der Waals surface area (Å²) in [6.45, 7) is 9.91. The highest BCUT2D eigenvalue weighted by molar-refractivity contribution is 5.81. The monoisotopic (exact) mass is 318 g/mol. The minimum absolute atomic E-state index is 0.106. The maximum atomic E-state index is 12.1. The summed E-state index contributed by atoms with van der Waals surface area (Å²) < 4.78 is 10.3. The smallest absolute Gasteiger partial charge is 0.408 e. The molecule has 0 saturated carbocycles. The number of hydrogen-bond donors (Lipinski definition) is 1. The molecule has 8 nitrogen and oxygen atoms in total. The van der Waals surface area contributed by atoms with E-state index < -0.39 is 34.2 Å². The van der Waals surface area contributed by atoms with Crippen LogP contribution in [0.25, 0.3) is 0 Å². The van der Waals surface area contributed by atoms with E-state index in [2.05, 4.69) is 5.32 Å². The third kappa shape index (κ3) is 10.9. The number of alkyl carbamates (subject to hydrolysis) is 1. The highest BCUT2D eigenvalue weighted by atomic mass is 16.6. The van der Waals surface area contributed by atoms with Crippen LogP contribution in [-0.2, 0) is 14.3 Å². The number of nitrogens with zero attached hydrogens (tertiary/aromatic N) is 1. The van der Waals surface area contributed by atoms with Crippen LogP contribution in [0.1, 0.15) is 54.4 Å². The third-order valence-corrected chi connectivity index (χ3v) is 2.22. The van der Waals surface area contributed by atoms with Gasteiger partial charge >= 0.3 is 12.1 Å². The summed E-state index contributed by atoms with van der Waals surface area (Å²) in [5, 5.41) is 12.8. The molecule has 0 fully saturated rings. The van der Waals surface area contributed by atoms with Crippen molar-refractivity contribution in [2.75, 3.05) is 6.54 Å². The van der Waals surface area contributed by atoms with Crippen LogP contribution in [0.15, 0.2) is 0 Å². The van der Waals surface area contributed by atoms with Crippen molar-refractivity contribution in [3.05, 3.63) is 10.1 Å². The van der Waals surface area contributed by atoms with Crippen molar-refractivity contribution in [2.24, 2.45) is 0 Å². The first-order chi connectivity index (χ1) is 9.80. The van der Waals surface area contributed by atoms with Crippen molar-refractivity contribution >= 4 is 12.1 Å². The molecule has 0 spiro atoms. The lowest BCUT2D eigenvalue weighted by Crippen LogP contribution is -2.46. The molecule has 0 radical (unpaired) electrons. The van der Waals surface area contributed by atoms with Gasteiger partial charge < -0.3 is 14.8 Å². The predicted molar refractivity (Wildman–Crippen MR) is 80.1 cm³/mol. The maximum absolute atomic E-state index is 12.1. The second-order valence-electron chi connectivity index (χ2n) is 6.93. The van der Waals surface area contributed by atoms with E-state index in [0.717, 1.165) is 0 Å². The van der Waals surface area contributed by atoms with Crippen LogP contribution in [0.4, 0.5) is 4.79 Å². The van der Waals surface area contributed by atoms with Gasteiger partial charge in [0.15, 0.2) is 0 Å². The quantitative estimate of drug-likeness (QED) is 0.457. The Morgan fingerprint density at radius 2 is 1.59 bits per heavy atom. The molecule has 128 valence electrons. The molecule has 8 heteroatoms. The Kier molecular flexibility index (Phi) is 7.28. The molecule has 0 heterocycles. The lowest BCUT2D eigenvalue weighted by Gasteiger charge is -2.26. The first-order valence-electron chi connectivity index (χ1n) is 7.14. The van der Waals surface area contributed by atoms with Gasteiger partial charge in [-0.05, 0) is 48.0 Å². The van der Waals surface area contributed by atoms with E-state index in [1.165, 1.54) is 0 Å². The van der Waals surface area contributed by atoms with Crippen LogP contribution in [0, 0.1) is 10.1 Å². The molecular formula is C14H26N2O6. The number of amides is 1. The Bertz CT molecular complexity index is 409. The van der Waals surface area contributed by atoms with Gasteiger partial charge in [-0.25, -0.2) is 9.59 Å². The summed E-state index contributed by atoms with van der Waals surface area (Å²) in [6, 6.07) is -0.978. The van der Waals surface area contributed by atoms with Crippen molar-refractivity contribution in [3.8, 4) is 0 Å². The molecule has 0 rings (SSSR count). The topological polar surface area (TPSA) is 108 Å². The Morgan fingerprint density at radius 3 is 2.00 bits per heavy atom. The minimum atomic E-state index is -0.978. The summed E-state index contributed by atoms with van der Waals surface area (Å²) in [4.78, 5) is 33.7. The molecule has 1 atom stereocenters. The normalized spacial score (nSPS) is 13.2. The number of esters is 1. The Balaban J connectivity index is 4.74. The van der Waals surface area contributed by atoms with Crippen molar-refractivity contribution in [1.29, 1.82) is 0 Å². The number of carbonyl (C=O) groups excluding carboxylic acids is 2. The molecular weight excluding hydrogens is 292 g/mol. The zero-order valence-corrected chi connectivity index (χ0v) is 14.1. The van der Waals surface area contributed by atoms with Crippen LogP contribution in [-0.4, -0.2) is 40.8 Å². The fourth-order valence-corrected chi connectivity index (χ4v) is 1.50. The third-order valence-electron chi connectivity index (χ3n) is 2.22. The largest absolute Gasteiger partial charge is 0.458 e. The summed E-state index contributed by atoms with van der Waals surface area (Å²) in [6.07, 6.45) is -0.508. The molecule has 1 N–H and O–H groups in total. The van der Waals surface area contributed by atoms with Gasteiger partial charge in [0, 0.05) is 11.3 Å². The van der Waals surface area contributed by atoms with Crippen LogP contribution < -0.4 is 5.32 Å². The first-order valence-corrected chi connectivity index (χ1v) is 7.14. The van der Waals surface area contributed by atoms with Crippen LogP contribution >= 0.6 is 0 Å². The van der Waals surface area contributed by atoms with Crippen molar-refractivity contribution in [1.82, 2.24) is 5.32 Å². The molecule has 0 aliphatic rings. The Hall–Kier alpha value is -1.86. The fourth-order valence-electron chi connectivity index (χ4n) is 1.50. The van der Waals surface area contributed by atoms with Crippen molar-refractivity contribution < 1.29 is 24.0 Å². The summed E-state index contributed by atoms with van der Waals surface area (Å²) in [7, 11) is 0. The van der Waals surface area contributed by atoms with E-state index in [1.807, 2.05) is 0 Å². The van der Waals surface area contributed by atoms with E-state index in [-0.39, 0.29) is 19.4 Å². The number of nitrogens with one attached hydrogen (secondary N) is 1. The number of rotatable bonds is 6. The Morgan fingerprint density at radius 1 is 1.09 bits per heavy atom. The Labute approximate surface area is 130 Å². The zero-order chi connectivity index (χ0) is 17.6. The van der Waals surface area contributed by atoms with Gasteiger partial charge in [0.05, 0.1) is 0 Å². The second kappa shape index (κ2) is 7.95. The molecule has 0 unspecified atom stereocenters. The van der Waals surface area contributed by atoms with Gasteiger partial charge in [0.2, 0.25) is 6.54 Å². The van der Waals surface area contributed by atoms with Gasteiger partial charge in [-0.1, -0.05) is 0 Å². The number of hydrogen-bond acceptors (Lipinski definition) is 6. The summed E-state index contributed by atoms with van der Waals surface area (Å²) in [5.74, 6) is -0.637. The van der Waals surface area contributed by atoms with E-state index in [4.69, 9.17) is 9.47 Å². The zero-order valence-electron chi connectivity index (χ0n) is 14.1. The van der Waals surface area contributed by atoms with Crippen LogP contribution in [0.5, 0.6) is 0 Å². The summed E-state index contributed by atoms with van der Waals surface area (Å²) in [5.41, 5.74) is -1.42. The molecule has 0 aromatic carbocycles. The first kappa shape index (κ1) is 20.1. The van der Waals surface area contributed by atoms with Crippen molar-refractivity contribution in [2.45, 2.75) is 71.6 Å². The fraction of sp³-hybridized carbons (Fsp3) is 0.857. The van der Waals surface area contributed by atoms with E-state index in [1.54, 1.807) is 41.5 Å². The van der Waals surface area contributed by atoms with E-state index in [9.17, 15) is 19.7 Å². The molecule has 0 aliphatic heterocycles. The highest BCUT2D eigenvalue weighted by Gasteiger charge is 2.28. The van der Waals surface area contributed by atoms with Gasteiger partial charge in [0.1, 0.15) is 17.2 Å². The van der Waals surface area contributed by atoms with E-state index >= 15 is 0 Å². The van der Waals surface area contributed by atoms with E-state index in [0.29, 0.717) is 0 Å². The average molecular weight is 318 g/mol. The van der Waals surface area contributed by atoms with Gasteiger partial charge in [-0.2, -0.15) is 0 Å². The molecule has 0 bridgehead atoms. The lowest BCUT2D eigenvalue weighted by molar-refractivity contribution is -0.480. The molecule has 0 aromatic rings. The molecule has 0 aromatic heterocycles. The standard InChI is InChI=1S/C14H26N2O6/c1-13(2,3)21-11(17)10(8-7-9-16(19)20)15-12(18)22-14(4,5)6/h10H,7-9H2,1-6H3,(H,15,18)/t10-/m0/s1. The second-order valence-corrected chi connectivity index (χ2v) is 6.93. The molecule has 0 saturated heterocycles. The predicted octanol–water partition coefficient (Wildman–Crippen LogP) is 2.28. The summed E-state index contributed by atoms with van der Waals surface area (Å²) >= 11 is 0. The minimum Gasteiger partial charge on any atom is -0.458 e. The number of nitro groups is 1.